The largest absolute Gasteiger partial charge is 0.416 e. The Kier molecular flexibility index (Phi) is 7.77. The maximum atomic E-state index is 13.1. The van der Waals surface area contributed by atoms with E-state index in [2.05, 4.69) is 0 Å². The Morgan fingerprint density at radius 3 is 2.13 bits per heavy atom. The highest BCUT2D eigenvalue weighted by atomic mass is 32.2. The standard InChI is InChI=1S/C20H24F3NO5S2/c1-4-30(25,26)29-18-10-8-16(9-11-18)14-24(13-15(2)3)31(27,28)19-7-5-6-17(12-19)20(21,22)23/h5-12,15H,4,13-14H2,1-3H3. The number of nitrogens with zero attached hydrogens (tertiary/aromatic N) is 1. The SMILES string of the molecule is CCS(=O)(=O)Oc1ccc(CN(CC(C)C)S(=O)(=O)c2cccc(C(F)(F)F)c2)cc1. The van der Waals surface area contributed by atoms with Crippen molar-refractivity contribution in [3.63, 3.8) is 0 Å². The van der Waals surface area contributed by atoms with Crippen LogP contribution in [0.5, 0.6) is 5.75 Å². The number of hydrogen-bond acceptors (Lipinski definition) is 5. The normalized spacial score (nSPS) is 13.0. The predicted molar refractivity (Wildman–Crippen MR) is 110 cm³/mol. The predicted octanol–water partition coefficient (Wildman–Crippen LogP) is 4.28. The van der Waals surface area contributed by atoms with Crippen LogP contribution in [-0.2, 0) is 32.9 Å². The molecule has 172 valence electrons. The molecular formula is C20H24F3NO5S2. The minimum Gasteiger partial charge on any atom is -0.382 e. The zero-order chi connectivity index (χ0) is 23.4. The molecule has 2 aromatic carbocycles. The van der Waals surface area contributed by atoms with Crippen LogP contribution in [0.1, 0.15) is 31.9 Å². The molecule has 31 heavy (non-hydrogen) atoms. The molecule has 0 aromatic heterocycles. The number of rotatable bonds is 9. The summed E-state index contributed by atoms with van der Waals surface area (Å²) in [5.41, 5.74) is -0.519. The minimum atomic E-state index is -4.66. The van der Waals surface area contributed by atoms with Gasteiger partial charge in [0.25, 0.3) is 0 Å². The quantitative estimate of drug-likeness (QED) is 0.502. The lowest BCUT2D eigenvalue weighted by Gasteiger charge is -2.24. The van der Waals surface area contributed by atoms with Crippen molar-refractivity contribution in [1.82, 2.24) is 4.31 Å². The highest BCUT2D eigenvalue weighted by molar-refractivity contribution is 7.89. The fourth-order valence-electron chi connectivity index (χ4n) is 2.70. The van der Waals surface area contributed by atoms with Crippen LogP contribution in [0.2, 0.25) is 0 Å². The molecule has 2 rings (SSSR count). The zero-order valence-corrected chi connectivity index (χ0v) is 18.9. The molecule has 6 nitrogen and oxygen atoms in total. The molecule has 0 spiro atoms. The number of sulfonamides is 1. The third kappa shape index (κ3) is 6.94. The zero-order valence-electron chi connectivity index (χ0n) is 17.3. The highest BCUT2D eigenvalue weighted by Gasteiger charge is 2.33. The monoisotopic (exact) mass is 479 g/mol. The van der Waals surface area contributed by atoms with Gasteiger partial charge in [0.1, 0.15) is 5.75 Å². The molecule has 0 amide bonds. The maximum absolute atomic E-state index is 13.1. The number of benzene rings is 2. The van der Waals surface area contributed by atoms with E-state index in [4.69, 9.17) is 4.18 Å². The molecule has 0 saturated carbocycles. The molecule has 11 heteroatoms. The molecule has 0 radical (unpaired) electrons. The fraction of sp³-hybridized carbons (Fsp3) is 0.400. The van der Waals surface area contributed by atoms with E-state index < -0.39 is 36.8 Å². The van der Waals surface area contributed by atoms with E-state index in [9.17, 15) is 30.0 Å². The van der Waals surface area contributed by atoms with Crippen LogP contribution >= 0.6 is 0 Å². The average Bonchev–Trinajstić information content (AvgIpc) is 2.68. The summed E-state index contributed by atoms with van der Waals surface area (Å²) in [5.74, 6) is -0.203. The van der Waals surface area contributed by atoms with E-state index in [1.165, 1.54) is 31.2 Å². The van der Waals surface area contributed by atoms with Gasteiger partial charge in [0.2, 0.25) is 10.0 Å². The van der Waals surface area contributed by atoms with Gasteiger partial charge in [0, 0.05) is 13.1 Å². The lowest BCUT2D eigenvalue weighted by atomic mass is 10.2. The van der Waals surface area contributed by atoms with Crippen LogP contribution in [0.3, 0.4) is 0 Å². The average molecular weight is 480 g/mol. The van der Waals surface area contributed by atoms with Crippen LogP contribution in [0.15, 0.2) is 53.4 Å². The van der Waals surface area contributed by atoms with Gasteiger partial charge in [-0.3, -0.25) is 0 Å². The van der Waals surface area contributed by atoms with Crippen molar-refractivity contribution in [3.05, 3.63) is 59.7 Å². The van der Waals surface area contributed by atoms with Gasteiger partial charge >= 0.3 is 16.3 Å². The minimum absolute atomic E-state index is 0.0844. The molecule has 0 unspecified atom stereocenters. The van der Waals surface area contributed by atoms with Crippen molar-refractivity contribution in [3.8, 4) is 5.75 Å². The van der Waals surface area contributed by atoms with Gasteiger partial charge in [-0.2, -0.15) is 25.9 Å². The van der Waals surface area contributed by atoms with Crippen LogP contribution < -0.4 is 4.18 Å². The number of halogens is 3. The molecule has 0 aliphatic carbocycles. The Hall–Kier alpha value is -2.11. The van der Waals surface area contributed by atoms with Gasteiger partial charge < -0.3 is 4.18 Å². The molecule has 0 aliphatic heterocycles. The molecule has 0 atom stereocenters. The third-order valence-electron chi connectivity index (χ3n) is 4.23. The van der Waals surface area contributed by atoms with Crippen LogP contribution in [0.25, 0.3) is 0 Å². The molecule has 0 bridgehead atoms. The Morgan fingerprint density at radius 1 is 1.00 bits per heavy atom. The van der Waals surface area contributed by atoms with Crippen molar-refractivity contribution in [2.24, 2.45) is 5.92 Å². The Morgan fingerprint density at radius 2 is 1.61 bits per heavy atom. The smallest absolute Gasteiger partial charge is 0.382 e. The number of hydrogen-bond donors (Lipinski definition) is 0. The van der Waals surface area contributed by atoms with Gasteiger partial charge in [0.15, 0.2) is 0 Å². The summed E-state index contributed by atoms with van der Waals surface area (Å²) in [7, 11) is -7.91. The van der Waals surface area contributed by atoms with Crippen molar-refractivity contribution in [2.75, 3.05) is 12.3 Å². The van der Waals surface area contributed by atoms with E-state index in [0.717, 1.165) is 22.5 Å². The molecule has 0 N–H and O–H groups in total. The summed E-state index contributed by atoms with van der Waals surface area (Å²) in [6, 6.07) is 9.43. The second-order valence-electron chi connectivity index (χ2n) is 7.29. The van der Waals surface area contributed by atoms with E-state index in [1.807, 2.05) is 0 Å². The summed E-state index contributed by atoms with van der Waals surface area (Å²) < 4.78 is 94.4. The van der Waals surface area contributed by atoms with Gasteiger partial charge in [-0.15, -0.1) is 0 Å². The first kappa shape index (κ1) is 25.2. The van der Waals surface area contributed by atoms with E-state index >= 15 is 0 Å². The lowest BCUT2D eigenvalue weighted by Crippen LogP contribution is -2.34. The topological polar surface area (TPSA) is 80.8 Å². The van der Waals surface area contributed by atoms with E-state index in [1.54, 1.807) is 13.8 Å². The first-order valence-corrected chi connectivity index (χ1v) is 12.4. The molecular weight excluding hydrogens is 455 g/mol. The lowest BCUT2D eigenvalue weighted by molar-refractivity contribution is -0.137. The first-order valence-electron chi connectivity index (χ1n) is 9.43. The molecule has 0 heterocycles. The van der Waals surface area contributed by atoms with Crippen molar-refractivity contribution in [1.29, 1.82) is 0 Å². The molecule has 0 fully saturated rings. The van der Waals surface area contributed by atoms with E-state index in [0.29, 0.717) is 11.6 Å². The molecule has 0 saturated heterocycles. The third-order valence-corrected chi connectivity index (χ3v) is 7.19. The molecule has 2 aromatic rings. The van der Waals surface area contributed by atoms with Gasteiger partial charge in [0.05, 0.1) is 16.2 Å². The summed E-state index contributed by atoms with van der Waals surface area (Å²) in [6.07, 6.45) is -4.66. The summed E-state index contributed by atoms with van der Waals surface area (Å²) in [5, 5.41) is 0. The summed E-state index contributed by atoms with van der Waals surface area (Å²) >= 11 is 0. The fourth-order valence-corrected chi connectivity index (χ4v) is 4.86. The van der Waals surface area contributed by atoms with Crippen LogP contribution in [0, 0.1) is 5.92 Å². The second kappa shape index (κ2) is 9.58. The summed E-state index contributed by atoms with van der Waals surface area (Å²) in [4.78, 5) is -0.447. The van der Waals surface area contributed by atoms with Crippen LogP contribution in [-0.4, -0.2) is 33.4 Å². The van der Waals surface area contributed by atoms with Crippen molar-refractivity contribution in [2.45, 2.75) is 38.4 Å². The Labute approximate surface area is 180 Å². The Balaban J connectivity index is 2.33. The van der Waals surface area contributed by atoms with Crippen LogP contribution in [0.4, 0.5) is 13.2 Å². The van der Waals surface area contributed by atoms with Gasteiger partial charge in [-0.1, -0.05) is 32.0 Å². The molecule has 0 aliphatic rings. The number of alkyl halides is 3. The van der Waals surface area contributed by atoms with Gasteiger partial charge in [-0.25, -0.2) is 8.42 Å². The van der Waals surface area contributed by atoms with E-state index in [-0.39, 0.29) is 30.5 Å². The van der Waals surface area contributed by atoms with Crippen molar-refractivity contribution >= 4 is 20.1 Å². The highest BCUT2D eigenvalue weighted by Crippen LogP contribution is 2.31. The maximum Gasteiger partial charge on any atom is 0.416 e. The van der Waals surface area contributed by atoms with Gasteiger partial charge in [-0.05, 0) is 48.7 Å². The Bertz CT molecular complexity index is 1100. The summed E-state index contributed by atoms with van der Waals surface area (Å²) in [6.45, 7) is 5.01. The second-order valence-corrected chi connectivity index (χ2v) is 11.1. The first-order chi connectivity index (χ1) is 14.2. The van der Waals surface area contributed by atoms with Crippen molar-refractivity contribution < 1.29 is 34.2 Å².